The van der Waals surface area contributed by atoms with Crippen LogP contribution in [0.25, 0.3) is 0 Å². The van der Waals surface area contributed by atoms with Gasteiger partial charge in [0.1, 0.15) is 6.61 Å². The standard InChI is InChI=1S/C18H17BrN2O4/c1-11-8-12(19)6-7-13(11)21-17(22)9-20-18(23)16-10-24-14-4-2-3-5-15(14)25-16/h2-8,16H,9-10H2,1H3,(H,20,23)(H,21,22). The Labute approximate surface area is 153 Å². The van der Waals surface area contributed by atoms with Crippen LogP contribution in [0.15, 0.2) is 46.9 Å². The maximum Gasteiger partial charge on any atom is 0.265 e. The van der Waals surface area contributed by atoms with Gasteiger partial charge < -0.3 is 20.1 Å². The first-order valence-corrected chi connectivity index (χ1v) is 8.54. The van der Waals surface area contributed by atoms with Gasteiger partial charge in [-0.15, -0.1) is 0 Å². The van der Waals surface area contributed by atoms with Crippen molar-refractivity contribution in [3.05, 3.63) is 52.5 Å². The molecule has 0 saturated carbocycles. The predicted molar refractivity (Wildman–Crippen MR) is 96.9 cm³/mol. The molecule has 130 valence electrons. The predicted octanol–water partition coefficient (Wildman–Crippen LogP) is 2.65. The molecule has 2 N–H and O–H groups in total. The van der Waals surface area contributed by atoms with Crippen molar-refractivity contribution >= 4 is 33.4 Å². The molecule has 6 nitrogen and oxygen atoms in total. The van der Waals surface area contributed by atoms with E-state index in [4.69, 9.17) is 9.47 Å². The highest BCUT2D eigenvalue weighted by atomic mass is 79.9. The highest BCUT2D eigenvalue weighted by molar-refractivity contribution is 9.10. The van der Waals surface area contributed by atoms with E-state index in [1.54, 1.807) is 24.3 Å². The molecule has 25 heavy (non-hydrogen) atoms. The van der Waals surface area contributed by atoms with Crippen LogP contribution in [0.3, 0.4) is 0 Å². The number of fused-ring (bicyclic) bond motifs is 1. The van der Waals surface area contributed by atoms with Crippen molar-refractivity contribution in [1.29, 1.82) is 0 Å². The summed E-state index contributed by atoms with van der Waals surface area (Å²) in [5.41, 5.74) is 1.63. The van der Waals surface area contributed by atoms with Crippen molar-refractivity contribution < 1.29 is 19.1 Å². The first kappa shape index (κ1) is 17.3. The number of anilines is 1. The lowest BCUT2D eigenvalue weighted by Gasteiger charge is -2.25. The van der Waals surface area contributed by atoms with Crippen molar-refractivity contribution in [2.24, 2.45) is 0 Å². The van der Waals surface area contributed by atoms with Gasteiger partial charge in [-0.1, -0.05) is 28.1 Å². The minimum Gasteiger partial charge on any atom is -0.485 e. The van der Waals surface area contributed by atoms with E-state index >= 15 is 0 Å². The average molecular weight is 405 g/mol. The number of ether oxygens (including phenoxy) is 2. The maximum absolute atomic E-state index is 12.2. The molecule has 1 heterocycles. The van der Waals surface area contributed by atoms with Crippen LogP contribution in [-0.2, 0) is 9.59 Å². The Morgan fingerprint density at radius 3 is 2.72 bits per heavy atom. The molecule has 0 fully saturated rings. The topological polar surface area (TPSA) is 76.7 Å². The van der Waals surface area contributed by atoms with E-state index in [-0.39, 0.29) is 19.1 Å². The summed E-state index contributed by atoms with van der Waals surface area (Å²) < 4.78 is 12.0. The summed E-state index contributed by atoms with van der Waals surface area (Å²) in [6.45, 7) is 1.86. The van der Waals surface area contributed by atoms with E-state index in [0.29, 0.717) is 17.2 Å². The van der Waals surface area contributed by atoms with E-state index in [1.165, 1.54) is 0 Å². The molecular formula is C18H17BrN2O4. The smallest absolute Gasteiger partial charge is 0.265 e. The highest BCUT2D eigenvalue weighted by Crippen LogP contribution is 2.30. The summed E-state index contributed by atoms with van der Waals surface area (Å²) in [6, 6.07) is 12.7. The largest absolute Gasteiger partial charge is 0.485 e. The first-order valence-electron chi connectivity index (χ1n) is 7.75. The number of amides is 2. The second kappa shape index (κ2) is 7.57. The van der Waals surface area contributed by atoms with Gasteiger partial charge in [0.2, 0.25) is 12.0 Å². The molecule has 0 spiro atoms. The molecule has 3 rings (SSSR count). The Morgan fingerprint density at radius 1 is 1.20 bits per heavy atom. The van der Waals surface area contributed by atoms with Gasteiger partial charge >= 0.3 is 0 Å². The van der Waals surface area contributed by atoms with E-state index in [9.17, 15) is 9.59 Å². The second-order valence-corrected chi connectivity index (χ2v) is 6.51. The number of aryl methyl sites for hydroxylation is 1. The minimum atomic E-state index is -0.780. The monoisotopic (exact) mass is 404 g/mol. The molecule has 2 aromatic carbocycles. The van der Waals surface area contributed by atoms with E-state index < -0.39 is 12.0 Å². The highest BCUT2D eigenvalue weighted by Gasteiger charge is 2.27. The lowest BCUT2D eigenvalue weighted by Crippen LogP contribution is -2.46. The summed E-state index contributed by atoms with van der Waals surface area (Å²) in [4.78, 5) is 24.2. The number of hydrogen-bond donors (Lipinski definition) is 2. The van der Waals surface area contributed by atoms with Crippen molar-refractivity contribution in [1.82, 2.24) is 5.32 Å². The lowest BCUT2D eigenvalue weighted by atomic mass is 10.2. The molecule has 0 saturated heterocycles. The van der Waals surface area contributed by atoms with Crippen molar-refractivity contribution in [2.75, 3.05) is 18.5 Å². The van der Waals surface area contributed by atoms with Crippen LogP contribution in [0.1, 0.15) is 5.56 Å². The molecule has 2 amide bonds. The Balaban J connectivity index is 1.51. The van der Waals surface area contributed by atoms with E-state index in [0.717, 1.165) is 10.0 Å². The Morgan fingerprint density at radius 2 is 1.96 bits per heavy atom. The zero-order chi connectivity index (χ0) is 17.8. The van der Waals surface area contributed by atoms with Crippen LogP contribution in [-0.4, -0.2) is 31.1 Å². The fourth-order valence-electron chi connectivity index (χ4n) is 2.39. The molecule has 1 aliphatic rings. The third kappa shape index (κ3) is 4.30. The van der Waals surface area contributed by atoms with Crippen molar-refractivity contribution in [3.63, 3.8) is 0 Å². The summed E-state index contributed by atoms with van der Waals surface area (Å²) in [6.07, 6.45) is -0.780. The summed E-state index contributed by atoms with van der Waals surface area (Å²) in [7, 11) is 0. The number of rotatable bonds is 4. The van der Waals surface area contributed by atoms with Crippen molar-refractivity contribution in [3.8, 4) is 11.5 Å². The molecule has 0 aromatic heterocycles. The quantitative estimate of drug-likeness (QED) is 0.820. The minimum absolute atomic E-state index is 0.107. The number of para-hydroxylation sites is 2. The summed E-state index contributed by atoms with van der Waals surface area (Å²) in [5.74, 6) is 0.423. The van der Waals surface area contributed by atoms with Gasteiger partial charge in [-0.2, -0.15) is 0 Å². The van der Waals surface area contributed by atoms with Gasteiger partial charge in [0.25, 0.3) is 5.91 Å². The van der Waals surface area contributed by atoms with Gasteiger partial charge in [-0.3, -0.25) is 9.59 Å². The SMILES string of the molecule is Cc1cc(Br)ccc1NC(=O)CNC(=O)C1COc2ccccc2O1. The van der Waals surface area contributed by atoms with Gasteiger partial charge in [0, 0.05) is 10.2 Å². The number of hydrogen-bond acceptors (Lipinski definition) is 4. The molecule has 1 atom stereocenters. The van der Waals surface area contributed by atoms with Crippen LogP contribution in [0, 0.1) is 6.92 Å². The molecule has 1 unspecified atom stereocenters. The number of carbonyl (C=O) groups is 2. The fraction of sp³-hybridized carbons (Fsp3) is 0.222. The van der Waals surface area contributed by atoms with Crippen LogP contribution in [0.5, 0.6) is 11.5 Å². The molecule has 0 radical (unpaired) electrons. The van der Waals surface area contributed by atoms with Crippen LogP contribution in [0.2, 0.25) is 0 Å². The zero-order valence-electron chi connectivity index (χ0n) is 13.5. The van der Waals surface area contributed by atoms with Gasteiger partial charge in [0.15, 0.2) is 11.5 Å². The third-order valence-corrected chi connectivity index (χ3v) is 4.18. The molecule has 0 bridgehead atoms. The Hall–Kier alpha value is -2.54. The van der Waals surface area contributed by atoms with Gasteiger partial charge in [-0.05, 0) is 42.8 Å². The van der Waals surface area contributed by atoms with Gasteiger partial charge in [-0.25, -0.2) is 0 Å². The lowest BCUT2D eigenvalue weighted by molar-refractivity contribution is -0.131. The summed E-state index contributed by atoms with van der Waals surface area (Å²) in [5, 5.41) is 5.33. The number of halogens is 1. The number of carbonyl (C=O) groups excluding carboxylic acids is 2. The normalized spacial score (nSPS) is 15.4. The average Bonchev–Trinajstić information content (AvgIpc) is 2.61. The maximum atomic E-state index is 12.2. The van der Waals surface area contributed by atoms with Crippen LogP contribution in [0.4, 0.5) is 5.69 Å². The molecule has 7 heteroatoms. The number of nitrogens with one attached hydrogen (secondary N) is 2. The molecule has 2 aromatic rings. The first-order chi connectivity index (χ1) is 12.0. The van der Waals surface area contributed by atoms with Crippen LogP contribution < -0.4 is 20.1 Å². The molecule has 1 aliphatic heterocycles. The van der Waals surface area contributed by atoms with Crippen LogP contribution >= 0.6 is 15.9 Å². The Bertz CT molecular complexity index is 809. The number of benzene rings is 2. The summed E-state index contributed by atoms with van der Waals surface area (Å²) >= 11 is 3.37. The second-order valence-electron chi connectivity index (χ2n) is 5.59. The van der Waals surface area contributed by atoms with E-state index in [1.807, 2.05) is 25.1 Å². The Kier molecular flexibility index (Phi) is 5.23. The zero-order valence-corrected chi connectivity index (χ0v) is 15.1. The fourth-order valence-corrected chi connectivity index (χ4v) is 2.87. The van der Waals surface area contributed by atoms with E-state index in [2.05, 4.69) is 26.6 Å². The third-order valence-electron chi connectivity index (χ3n) is 3.69. The molecular weight excluding hydrogens is 388 g/mol. The molecule has 0 aliphatic carbocycles. The van der Waals surface area contributed by atoms with Gasteiger partial charge in [0.05, 0.1) is 6.54 Å². The van der Waals surface area contributed by atoms with Crippen molar-refractivity contribution in [2.45, 2.75) is 13.0 Å².